The van der Waals surface area contributed by atoms with Crippen molar-refractivity contribution in [2.45, 2.75) is 41.0 Å². The van der Waals surface area contributed by atoms with E-state index in [2.05, 4.69) is 41.2 Å². The van der Waals surface area contributed by atoms with Crippen molar-refractivity contribution < 1.29 is 0 Å². The van der Waals surface area contributed by atoms with Crippen LogP contribution >= 0.6 is 0 Å². The molecule has 0 aliphatic carbocycles. The van der Waals surface area contributed by atoms with Gasteiger partial charge in [-0.05, 0) is 37.3 Å². The Morgan fingerprint density at radius 1 is 1.27 bits per heavy atom. The zero-order valence-electron chi connectivity index (χ0n) is 8.49. The summed E-state index contributed by atoms with van der Waals surface area (Å²) in [4.78, 5) is 0. The Kier molecular flexibility index (Phi) is 4.17. The van der Waals surface area contributed by atoms with Gasteiger partial charge < -0.3 is 0 Å². The van der Waals surface area contributed by atoms with Gasteiger partial charge in [-0.15, -0.1) is 0 Å². The quantitative estimate of drug-likeness (QED) is 0.537. The van der Waals surface area contributed by atoms with Crippen molar-refractivity contribution in [1.82, 2.24) is 0 Å². The van der Waals surface area contributed by atoms with Gasteiger partial charge in [0.15, 0.2) is 0 Å². The van der Waals surface area contributed by atoms with E-state index < -0.39 is 0 Å². The molecule has 0 rings (SSSR count). The van der Waals surface area contributed by atoms with Crippen LogP contribution in [0.5, 0.6) is 0 Å². The first kappa shape index (κ1) is 10.5. The van der Waals surface area contributed by atoms with Crippen LogP contribution in [0.3, 0.4) is 0 Å². The lowest BCUT2D eigenvalue weighted by molar-refractivity contribution is 0.766. The second kappa shape index (κ2) is 4.38. The molecule has 0 N–H and O–H groups in total. The standard InChI is InChI=1S/C11H20/c1-7-11(9(4)5)10(6)8(2)3/h8H,6-7H2,1-5H3. The fourth-order valence-electron chi connectivity index (χ4n) is 1.25. The van der Waals surface area contributed by atoms with E-state index in [1.165, 1.54) is 16.7 Å². The molecule has 0 bridgehead atoms. The number of rotatable bonds is 3. The average Bonchev–Trinajstić information content (AvgIpc) is 1.88. The van der Waals surface area contributed by atoms with Gasteiger partial charge in [-0.1, -0.05) is 32.9 Å². The van der Waals surface area contributed by atoms with Crippen LogP contribution in [0.25, 0.3) is 0 Å². The van der Waals surface area contributed by atoms with E-state index in [-0.39, 0.29) is 0 Å². The first-order valence-corrected chi connectivity index (χ1v) is 4.36. The molecule has 64 valence electrons. The monoisotopic (exact) mass is 152 g/mol. The maximum atomic E-state index is 4.09. The van der Waals surface area contributed by atoms with E-state index in [9.17, 15) is 0 Å². The smallest absolute Gasteiger partial charge is 0.0222 e. The summed E-state index contributed by atoms with van der Waals surface area (Å²) in [6.45, 7) is 15.0. The highest BCUT2D eigenvalue weighted by Gasteiger charge is 2.05. The highest BCUT2D eigenvalue weighted by molar-refractivity contribution is 5.32. The van der Waals surface area contributed by atoms with Gasteiger partial charge in [0.25, 0.3) is 0 Å². The van der Waals surface area contributed by atoms with E-state index in [0.29, 0.717) is 5.92 Å². The molecule has 0 saturated carbocycles. The molecular formula is C11H20. The minimum atomic E-state index is 0.583. The third-order valence-electron chi connectivity index (χ3n) is 2.04. The van der Waals surface area contributed by atoms with Crippen LogP contribution in [0.4, 0.5) is 0 Å². The number of allylic oxidation sites excluding steroid dienone is 3. The summed E-state index contributed by atoms with van der Waals surface area (Å²) in [6, 6.07) is 0. The molecule has 0 aliphatic heterocycles. The van der Waals surface area contributed by atoms with Gasteiger partial charge in [-0.2, -0.15) is 0 Å². The normalized spacial score (nSPS) is 10.0. The molecule has 0 unspecified atom stereocenters. The van der Waals surface area contributed by atoms with Crippen molar-refractivity contribution >= 4 is 0 Å². The van der Waals surface area contributed by atoms with Crippen LogP contribution in [-0.2, 0) is 0 Å². The average molecular weight is 152 g/mol. The van der Waals surface area contributed by atoms with Gasteiger partial charge in [0.2, 0.25) is 0 Å². The lowest BCUT2D eigenvalue weighted by Crippen LogP contribution is -1.97. The number of hydrogen-bond acceptors (Lipinski definition) is 0. The molecule has 0 aromatic rings. The van der Waals surface area contributed by atoms with Gasteiger partial charge in [-0.3, -0.25) is 0 Å². The highest BCUT2D eigenvalue weighted by atomic mass is 14.1. The summed E-state index contributed by atoms with van der Waals surface area (Å²) in [6.07, 6.45) is 1.11. The van der Waals surface area contributed by atoms with E-state index in [4.69, 9.17) is 0 Å². The summed E-state index contributed by atoms with van der Waals surface area (Å²) in [7, 11) is 0. The fourth-order valence-corrected chi connectivity index (χ4v) is 1.25. The molecule has 0 spiro atoms. The Labute approximate surface area is 71.0 Å². The fraction of sp³-hybridized carbons (Fsp3) is 0.636. The molecule has 0 aromatic heterocycles. The lowest BCUT2D eigenvalue weighted by Gasteiger charge is -2.14. The first-order valence-electron chi connectivity index (χ1n) is 4.36. The maximum Gasteiger partial charge on any atom is -0.0222 e. The van der Waals surface area contributed by atoms with Crippen LogP contribution in [0, 0.1) is 5.92 Å². The van der Waals surface area contributed by atoms with Crippen molar-refractivity contribution in [3.05, 3.63) is 23.3 Å². The summed E-state index contributed by atoms with van der Waals surface area (Å²) in [5, 5.41) is 0. The Morgan fingerprint density at radius 3 is 1.82 bits per heavy atom. The zero-order chi connectivity index (χ0) is 9.02. The van der Waals surface area contributed by atoms with E-state index >= 15 is 0 Å². The van der Waals surface area contributed by atoms with Gasteiger partial charge in [0.1, 0.15) is 0 Å². The summed E-state index contributed by atoms with van der Waals surface area (Å²) >= 11 is 0. The maximum absolute atomic E-state index is 4.09. The SMILES string of the molecule is C=C(C(CC)=C(C)C)C(C)C. The molecule has 0 nitrogen and oxygen atoms in total. The van der Waals surface area contributed by atoms with Crippen molar-refractivity contribution in [3.8, 4) is 0 Å². The van der Waals surface area contributed by atoms with E-state index in [0.717, 1.165) is 6.42 Å². The highest BCUT2D eigenvalue weighted by Crippen LogP contribution is 2.22. The molecule has 11 heavy (non-hydrogen) atoms. The zero-order valence-corrected chi connectivity index (χ0v) is 8.49. The number of hydrogen-bond donors (Lipinski definition) is 0. The molecular weight excluding hydrogens is 132 g/mol. The van der Waals surface area contributed by atoms with Gasteiger partial charge in [0, 0.05) is 0 Å². The Bertz CT molecular complexity index is 166. The Balaban J connectivity index is 4.55. The van der Waals surface area contributed by atoms with Gasteiger partial charge in [-0.25, -0.2) is 0 Å². The van der Waals surface area contributed by atoms with Crippen LogP contribution in [0.15, 0.2) is 23.3 Å². The van der Waals surface area contributed by atoms with Gasteiger partial charge in [0.05, 0.1) is 0 Å². The minimum Gasteiger partial charge on any atom is -0.0953 e. The molecule has 0 radical (unpaired) electrons. The lowest BCUT2D eigenvalue weighted by atomic mass is 9.92. The van der Waals surface area contributed by atoms with Crippen molar-refractivity contribution in [3.63, 3.8) is 0 Å². The molecule has 0 heterocycles. The largest absolute Gasteiger partial charge is 0.0953 e. The Morgan fingerprint density at radius 2 is 1.73 bits per heavy atom. The molecule has 0 atom stereocenters. The summed E-state index contributed by atoms with van der Waals surface area (Å²) in [5.74, 6) is 0.583. The van der Waals surface area contributed by atoms with Gasteiger partial charge >= 0.3 is 0 Å². The first-order chi connectivity index (χ1) is 5.00. The molecule has 0 heteroatoms. The predicted octanol–water partition coefficient (Wildman–Crippen LogP) is 3.95. The van der Waals surface area contributed by atoms with Crippen LogP contribution in [0.2, 0.25) is 0 Å². The van der Waals surface area contributed by atoms with E-state index in [1.54, 1.807) is 0 Å². The molecule has 0 amide bonds. The minimum absolute atomic E-state index is 0.583. The topological polar surface area (TPSA) is 0 Å². The molecule has 0 saturated heterocycles. The summed E-state index contributed by atoms with van der Waals surface area (Å²) < 4.78 is 0. The Hall–Kier alpha value is -0.520. The van der Waals surface area contributed by atoms with Crippen LogP contribution in [-0.4, -0.2) is 0 Å². The third kappa shape index (κ3) is 2.92. The van der Waals surface area contributed by atoms with E-state index in [1.807, 2.05) is 0 Å². The van der Waals surface area contributed by atoms with Crippen LogP contribution < -0.4 is 0 Å². The molecule has 0 aromatic carbocycles. The van der Waals surface area contributed by atoms with Crippen molar-refractivity contribution in [2.75, 3.05) is 0 Å². The van der Waals surface area contributed by atoms with Crippen LogP contribution in [0.1, 0.15) is 41.0 Å². The second-order valence-electron chi connectivity index (χ2n) is 3.51. The second-order valence-corrected chi connectivity index (χ2v) is 3.51. The molecule has 0 aliphatic rings. The van der Waals surface area contributed by atoms with Crippen molar-refractivity contribution in [2.24, 2.45) is 5.92 Å². The third-order valence-corrected chi connectivity index (χ3v) is 2.04. The van der Waals surface area contributed by atoms with Crippen molar-refractivity contribution in [1.29, 1.82) is 0 Å². The molecule has 0 fully saturated rings. The predicted molar refractivity (Wildman–Crippen MR) is 52.6 cm³/mol. The summed E-state index contributed by atoms with van der Waals surface area (Å²) in [5.41, 5.74) is 4.15.